The number of Topliss-reactive ketones (excluding diaryl/α,β-unsaturated/α-hetero) is 1. The minimum Gasteiger partial charge on any atom is -0.507 e. The summed E-state index contributed by atoms with van der Waals surface area (Å²) in [6, 6.07) is 13.8. The van der Waals surface area contributed by atoms with Crippen LogP contribution in [0.15, 0.2) is 54.1 Å². The van der Waals surface area contributed by atoms with Crippen molar-refractivity contribution in [2.45, 2.75) is 25.8 Å². The Balaban J connectivity index is 2.11. The van der Waals surface area contributed by atoms with Gasteiger partial charge in [-0.25, -0.2) is 0 Å². The van der Waals surface area contributed by atoms with Gasteiger partial charge in [0, 0.05) is 19.2 Å². The van der Waals surface area contributed by atoms with E-state index in [1.807, 2.05) is 24.3 Å². The van der Waals surface area contributed by atoms with Crippen molar-refractivity contribution >= 4 is 17.4 Å². The molecular weight excluding hydrogens is 382 g/mol. The maximum Gasteiger partial charge on any atom is 0.295 e. The highest BCUT2D eigenvalue weighted by molar-refractivity contribution is 6.46. The third-order valence-corrected chi connectivity index (χ3v) is 5.36. The van der Waals surface area contributed by atoms with Gasteiger partial charge in [-0.3, -0.25) is 9.59 Å². The number of methoxy groups -OCH3 is 2. The summed E-state index contributed by atoms with van der Waals surface area (Å²) in [7, 11) is 3.09. The van der Waals surface area contributed by atoms with E-state index in [-0.39, 0.29) is 24.5 Å². The zero-order valence-electron chi connectivity index (χ0n) is 17.7. The Hall–Kier alpha value is -3.12. The van der Waals surface area contributed by atoms with Crippen molar-refractivity contribution in [3.05, 3.63) is 70.8 Å². The molecule has 1 amide bonds. The number of carbonyl (C=O) groups is 2. The molecule has 6 nitrogen and oxygen atoms in total. The molecule has 2 aromatic rings. The van der Waals surface area contributed by atoms with E-state index in [0.29, 0.717) is 17.2 Å². The fraction of sp³-hybridized carbons (Fsp3) is 0.333. The predicted octanol–water partition coefficient (Wildman–Crippen LogP) is 3.89. The number of nitrogens with zero attached hydrogens (tertiary/aromatic N) is 1. The van der Waals surface area contributed by atoms with E-state index in [2.05, 4.69) is 13.8 Å². The van der Waals surface area contributed by atoms with Crippen LogP contribution in [0.4, 0.5) is 0 Å². The number of ketones is 1. The highest BCUT2D eigenvalue weighted by atomic mass is 16.5. The second kappa shape index (κ2) is 9.13. The van der Waals surface area contributed by atoms with Crippen molar-refractivity contribution in [1.29, 1.82) is 0 Å². The maximum absolute atomic E-state index is 12.9. The van der Waals surface area contributed by atoms with Gasteiger partial charge in [-0.2, -0.15) is 0 Å². The van der Waals surface area contributed by atoms with Gasteiger partial charge >= 0.3 is 0 Å². The number of benzene rings is 2. The maximum atomic E-state index is 12.9. The molecule has 1 aliphatic rings. The summed E-state index contributed by atoms with van der Waals surface area (Å²) in [5, 5.41) is 11.0. The second-order valence-electron chi connectivity index (χ2n) is 7.54. The van der Waals surface area contributed by atoms with E-state index in [4.69, 9.17) is 9.47 Å². The first-order valence-corrected chi connectivity index (χ1v) is 9.90. The highest BCUT2D eigenvalue weighted by Gasteiger charge is 2.45. The summed E-state index contributed by atoms with van der Waals surface area (Å²) in [6.07, 6.45) is 0. The van der Waals surface area contributed by atoms with Gasteiger partial charge in [0.25, 0.3) is 11.7 Å². The number of rotatable bonds is 7. The van der Waals surface area contributed by atoms with Crippen molar-refractivity contribution < 1.29 is 24.2 Å². The first-order chi connectivity index (χ1) is 14.4. The van der Waals surface area contributed by atoms with Gasteiger partial charge in [0.15, 0.2) is 0 Å². The number of aliphatic hydroxyl groups is 1. The van der Waals surface area contributed by atoms with E-state index >= 15 is 0 Å². The van der Waals surface area contributed by atoms with Crippen LogP contribution in [0.5, 0.6) is 5.75 Å². The minimum absolute atomic E-state index is 0.0820. The lowest BCUT2D eigenvalue weighted by Gasteiger charge is -2.25. The van der Waals surface area contributed by atoms with E-state index in [0.717, 1.165) is 11.1 Å². The Morgan fingerprint density at radius 1 is 1.03 bits per heavy atom. The van der Waals surface area contributed by atoms with Crippen LogP contribution in [0.25, 0.3) is 5.76 Å². The third kappa shape index (κ3) is 4.09. The molecule has 1 atom stereocenters. The lowest BCUT2D eigenvalue weighted by Crippen LogP contribution is -2.32. The number of carbonyl (C=O) groups excluding carboxylic acids is 2. The largest absolute Gasteiger partial charge is 0.507 e. The first-order valence-electron chi connectivity index (χ1n) is 9.90. The minimum atomic E-state index is -0.697. The molecule has 6 heteroatoms. The van der Waals surface area contributed by atoms with Crippen molar-refractivity contribution in [3.63, 3.8) is 0 Å². The lowest BCUT2D eigenvalue weighted by molar-refractivity contribution is -0.140. The third-order valence-electron chi connectivity index (χ3n) is 5.36. The van der Waals surface area contributed by atoms with Gasteiger partial charge in [0.1, 0.15) is 11.5 Å². The highest BCUT2D eigenvalue weighted by Crippen LogP contribution is 2.39. The van der Waals surface area contributed by atoms with Gasteiger partial charge in [-0.1, -0.05) is 38.1 Å². The fourth-order valence-electron chi connectivity index (χ4n) is 3.61. The summed E-state index contributed by atoms with van der Waals surface area (Å²) in [6.45, 7) is 4.74. The molecule has 1 fully saturated rings. The normalized spacial score (nSPS) is 18.3. The van der Waals surface area contributed by atoms with Crippen LogP contribution in [0.3, 0.4) is 0 Å². The van der Waals surface area contributed by atoms with Crippen LogP contribution in [-0.2, 0) is 14.3 Å². The standard InChI is InChI=1S/C24H27NO5/c1-15(2)16-5-7-17(8-6-16)21-20(23(27)24(28)25(21)13-14-29-3)22(26)18-9-11-19(30-4)12-10-18/h5-12,15,21,26H,13-14H2,1-4H3/b22-20+/t21-/m0/s1. The summed E-state index contributed by atoms with van der Waals surface area (Å²) >= 11 is 0. The van der Waals surface area contributed by atoms with Crippen LogP contribution in [0, 0.1) is 0 Å². The summed E-state index contributed by atoms with van der Waals surface area (Å²) < 4.78 is 10.3. The van der Waals surface area contributed by atoms with E-state index in [9.17, 15) is 14.7 Å². The molecule has 0 aliphatic carbocycles. The van der Waals surface area contributed by atoms with Crippen LogP contribution in [-0.4, -0.2) is 49.1 Å². The summed E-state index contributed by atoms with van der Waals surface area (Å²) in [5.74, 6) is -0.544. The Kier molecular flexibility index (Phi) is 6.57. The Morgan fingerprint density at radius 2 is 1.67 bits per heavy atom. The van der Waals surface area contributed by atoms with Gasteiger partial charge < -0.3 is 19.5 Å². The molecule has 1 heterocycles. The van der Waals surface area contributed by atoms with Crippen molar-refractivity contribution in [3.8, 4) is 5.75 Å². The topological polar surface area (TPSA) is 76.1 Å². The van der Waals surface area contributed by atoms with Gasteiger partial charge in [-0.15, -0.1) is 0 Å². The number of likely N-dealkylation sites (tertiary alicyclic amines) is 1. The Morgan fingerprint density at radius 3 is 2.20 bits per heavy atom. The monoisotopic (exact) mass is 409 g/mol. The van der Waals surface area contributed by atoms with Crippen molar-refractivity contribution in [2.24, 2.45) is 0 Å². The molecule has 0 unspecified atom stereocenters. The molecule has 0 saturated carbocycles. The Labute approximate surface area is 176 Å². The smallest absolute Gasteiger partial charge is 0.295 e. The molecule has 0 radical (unpaired) electrons. The van der Waals surface area contributed by atoms with Crippen molar-refractivity contribution in [1.82, 2.24) is 4.90 Å². The van der Waals surface area contributed by atoms with E-state index < -0.39 is 17.7 Å². The predicted molar refractivity (Wildman–Crippen MR) is 114 cm³/mol. The zero-order valence-corrected chi connectivity index (χ0v) is 17.7. The van der Waals surface area contributed by atoms with Gasteiger partial charge in [0.05, 0.1) is 25.3 Å². The first kappa shape index (κ1) is 21.6. The van der Waals surface area contributed by atoms with E-state index in [1.165, 1.54) is 4.90 Å². The Bertz CT molecular complexity index is 945. The molecule has 30 heavy (non-hydrogen) atoms. The molecule has 1 aliphatic heterocycles. The SMILES string of the molecule is COCCN1C(=O)C(=O)/C(=C(/O)c2ccc(OC)cc2)[C@@H]1c1ccc(C(C)C)cc1. The molecule has 1 N–H and O–H groups in total. The fourth-order valence-corrected chi connectivity index (χ4v) is 3.61. The van der Waals surface area contributed by atoms with Crippen LogP contribution in [0.1, 0.15) is 42.5 Å². The molecular formula is C24H27NO5. The molecule has 2 aromatic carbocycles. The number of amides is 1. The van der Waals surface area contributed by atoms with Crippen LogP contribution < -0.4 is 4.74 Å². The molecule has 1 saturated heterocycles. The zero-order chi connectivity index (χ0) is 21.8. The molecule has 0 spiro atoms. The van der Waals surface area contributed by atoms with Crippen molar-refractivity contribution in [2.75, 3.05) is 27.4 Å². The average molecular weight is 409 g/mol. The number of hydrogen-bond acceptors (Lipinski definition) is 5. The number of aliphatic hydroxyl groups excluding tert-OH is 1. The van der Waals surface area contributed by atoms with Gasteiger partial charge in [-0.05, 0) is 41.3 Å². The quantitative estimate of drug-likeness (QED) is 0.427. The lowest BCUT2D eigenvalue weighted by atomic mass is 9.93. The molecule has 0 bridgehead atoms. The van der Waals surface area contributed by atoms with Crippen LogP contribution >= 0.6 is 0 Å². The van der Waals surface area contributed by atoms with E-state index in [1.54, 1.807) is 38.5 Å². The van der Waals surface area contributed by atoms with Crippen LogP contribution in [0.2, 0.25) is 0 Å². The molecule has 0 aromatic heterocycles. The molecule has 3 rings (SSSR count). The number of ether oxygens (including phenoxy) is 2. The number of hydrogen-bond donors (Lipinski definition) is 1. The summed E-state index contributed by atoms with van der Waals surface area (Å²) in [5.41, 5.74) is 2.45. The second-order valence-corrected chi connectivity index (χ2v) is 7.54. The van der Waals surface area contributed by atoms with Gasteiger partial charge in [0.2, 0.25) is 0 Å². The average Bonchev–Trinajstić information content (AvgIpc) is 3.02. The molecule has 158 valence electrons. The summed E-state index contributed by atoms with van der Waals surface area (Å²) in [4.78, 5) is 27.1.